The van der Waals surface area contributed by atoms with Crippen molar-refractivity contribution in [2.24, 2.45) is 11.8 Å². The number of pyridine rings is 1. The third-order valence-corrected chi connectivity index (χ3v) is 8.20. The molecule has 0 amide bonds. The van der Waals surface area contributed by atoms with Crippen LogP contribution in [-0.2, 0) is 9.84 Å². The molecule has 2 aliphatic rings. The molecule has 214 valence electrons. The number of aliphatic hydroxyl groups excluding tert-OH is 2. The summed E-state index contributed by atoms with van der Waals surface area (Å²) in [5, 5.41) is 28.8. The Balaban J connectivity index is 0.00000353. The van der Waals surface area contributed by atoms with Crippen molar-refractivity contribution in [3.63, 3.8) is 0 Å². The zero-order chi connectivity index (χ0) is 27.2. The van der Waals surface area contributed by atoms with E-state index in [0.717, 1.165) is 18.2 Å². The van der Waals surface area contributed by atoms with Gasteiger partial charge in [-0.05, 0) is 52.0 Å². The van der Waals surface area contributed by atoms with Crippen molar-refractivity contribution >= 4 is 45.0 Å². The average Bonchev–Trinajstić information content (AvgIpc) is 3.51. The molecule has 0 saturated heterocycles. The Kier molecular flexibility index (Phi) is 8.60. The predicted molar refractivity (Wildman–Crippen MR) is 151 cm³/mol. The fraction of sp³-hybridized carbons (Fsp3) is 0.577. The lowest BCUT2D eigenvalue weighted by Crippen LogP contribution is -2.36. The maximum atomic E-state index is 11.9. The average molecular weight is 582 g/mol. The van der Waals surface area contributed by atoms with Crippen LogP contribution < -0.4 is 15.4 Å². The molecule has 0 radical (unpaired) electrons. The van der Waals surface area contributed by atoms with Gasteiger partial charge in [0.2, 0.25) is 11.8 Å². The van der Waals surface area contributed by atoms with E-state index < -0.39 is 34.0 Å². The number of hydrogen-bond donors (Lipinski definition) is 4. The Morgan fingerprint density at radius 1 is 1.10 bits per heavy atom. The van der Waals surface area contributed by atoms with E-state index in [4.69, 9.17) is 14.1 Å². The van der Waals surface area contributed by atoms with E-state index in [1.807, 2.05) is 32.9 Å². The van der Waals surface area contributed by atoms with Crippen LogP contribution in [0.2, 0.25) is 0 Å². The quantitative estimate of drug-likeness (QED) is 0.278. The van der Waals surface area contributed by atoms with Crippen LogP contribution in [0.1, 0.15) is 37.6 Å². The number of anilines is 2. The van der Waals surface area contributed by atoms with Gasteiger partial charge < -0.3 is 30.0 Å². The molecule has 3 aromatic rings. The Labute approximate surface area is 234 Å². The van der Waals surface area contributed by atoms with Crippen molar-refractivity contribution in [3.05, 3.63) is 23.5 Å². The molecule has 2 fully saturated rings. The molecule has 3 aromatic heterocycles. The summed E-state index contributed by atoms with van der Waals surface area (Å²) in [7, 11) is -3.33. The summed E-state index contributed by atoms with van der Waals surface area (Å²) in [6, 6.07) is 3.09. The highest BCUT2D eigenvalue weighted by Gasteiger charge is 2.43. The summed E-state index contributed by atoms with van der Waals surface area (Å²) in [6.45, 7) is 6.88. The molecule has 3 heterocycles. The van der Waals surface area contributed by atoms with Gasteiger partial charge in [0.05, 0.1) is 41.5 Å². The van der Waals surface area contributed by atoms with E-state index in [1.54, 1.807) is 0 Å². The maximum absolute atomic E-state index is 11.9. The number of fused-ring (bicyclic) bond motifs is 1. The van der Waals surface area contributed by atoms with Crippen LogP contribution in [0.5, 0.6) is 5.88 Å². The molecule has 0 aliphatic heterocycles. The van der Waals surface area contributed by atoms with Gasteiger partial charge in [-0.2, -0.15) is 4.98 Å². The highest BCUT2D eigenvalue weighted by Crippen LogP contribution is 2.38. The first-order chi connectivity index (χ1) is 18.0. The molecule has 2 aliphatic carbocycles. The van der Waals surface area contributed by atoms with E-state index in [9.17, 15) is 18.6 Å². The summed E-state index contributed by atoms with van der Waals surface area (Å²) >= 11 is 0. The van der Waals surface area contributed by atoms with E-state index in [2.05, 4.69) is 20.6 Å². The molecule has 11 nitrogen and oxygen atoms in total. The van der Waals surface area contributed by atoms with Crippen molar-refractivity contribution in [3.8, 4) is 17.2 Å². The monoisotopic (exact) mass is 581 g/mol. The molecular weight excluding hydrogens is 546 g/mol. The number of halogens is 1. The lowest BCUT2D eigenvalue weighted by Gasteiger charge is -2.21. The van der Waals surface area contributed by atoms with Gasteiger partial charge in [-0.3, -0.25) is 0 Å². The number of hydrogen-bond acceptors (Lipinski definition) is 11. The smallest absolute Gasteiger partial charge is 0.224 e. The molecule has 4 N–H and O–H groups in total. The Morgan fingerprint density at radius 3 is 2.51 bits per heavy atom. The first-order valence-corrected chi connectivity index (χ1v) is 15.1. The van der Waals surface area contributed by atoms with Gasteiger partial charge in [0.1, 0.15) is 27.5 Å². The van der Waals surface area contributed by atoms with Crippen LogP contribution in [0, 0.1) is 25.7 Å². The van der Waals surface area contributed by atoms with Crippen LogP contribution in [0.25, 0.3) is 22.3 Å². The van der Waals surface area contributed by atoms with E-state index in [1.165, 1.54) is 12.8 Å². The number of aliphatic hydroxyl groups is 2. The highest BCUT2D eigenvalue weighted by molar-refractivity contribution is 7.90. The normalized spacial score (nSPS) is 23.0. The van der Waals surface area contributed by atoms with Gasteiger partial charge in [-0.1, -0.05) is 0 Å². The Hall–Kier alpha value is -2.67. The summed E-state index contributed by atoms with van der Waals surface area (Å²) in [5.41, 5.74) is 2.58. The standard InChI is InChI=1S/C26H35N5O6S.ClH/c1-5-36-20-10-16-9-19(37-24(16)14(3)28-20)21-13(2)29-26(27-11-15-6-7-15)31-25(21)30-18-8-17(12-38(4,34)35)22(32)23(18)33;/h9-10,15,17-18,22-23,32-33H,5-8,11-12H2,1-4H3,(H2,27,29,30,31);1H/t17-,18-,22-,23+;/m1./s1. The predicted octanol–water partition coefficient (Wildman–Crippen LogP) is 3.11. The van der Waals surface area contributed by atoms with Gasteiger partial charge in [-0.25, -0.2) is 18.4 Å². The molecule has 0 bridgehead atoms. The largest absolute Gasteiger partial charge is 0.478 e. The van der Waals surface area contributed by atoms with Crippen molar-refractivity contribution < 1.29 is 27.8 Å². The van der Waals surface area contributed by atoms with Crippen LogP contribution in [0.15, 0.2) is 16.5 Å². The van der Waals surface area contributed by atoms with E-state index in [-0.39, 0.29) is 24.6 Å². The molecule has 0 aromatic carbocycles. The fourth-order valence-electron chi connectivity index (χ4n) is 5.13. The SMILES string of the molecule is CCOc1cc2cc(-c3c(C)nc(NCC4CC4)nc3N[C@@H]3C[C@H](CS(C)(=O)=O)[C@@H](O)[C@H]3O)oc2c(C)n1.Cl. The maximum Gasteiger partial charge on any atom is 0.224 e. The molecule has 5 rings (SSSR count). The molecule has 0 unspecified atom stereocenters. The van der Waals surface area contributed by atoms with Gasteiger partial charge in [-0.15, -0.1) is 12.4 Å². The number of ether oxygens (including phenoxy) is 1. The summed E-state index contributed by atoms with van der Waals surface area (Å²) in [5.74, 6) is 1.74. The van der Waals surface area contributed by atoms with Gasteiger partial charge in [0.25, 0.3) is 0 Å². The first kappa shape index (κ1) is 29.3. The Morgan fingerprint density at radius 2 is 1.85 bits per heavy atom. The van der Waals surface area contributed by atoms with E-state index in [0.29, 0.717) is 58.5 Å². The zero-order valence-electron chi connectivity index (χ0n) is 22.5. The third kappa shape index (κ3) is 6.56. The van der Waals surface area contributed by atoms with Gasteiger partial charge in [0, 0.05) is 30.2 Å². The third-order valence-electron chi connectivity index (χ3n) is 7.16. The van der Waals surface area contributed by atoms with Gasteiger partial charge in [0.15, 0.2) is 5.58 Å². The molecule has 2 saturated carbocycles. The minimum atomic E-state index is -3.33. The lowest BCUT2D eigenvalue weighted by atomic mass is 10.1. The summed E-state index contributed by atoms with van der Waals surface area (Å²) in [4.78, 5) is 13.9. The second kappa shape index (κ2) is 11.4. The van der Waals surface area contributed by atoms with Crippen molar-refractivity contribution in [1.82, 2.24) is 15.0 Å². The van der Waals surface area contributed by atoms with Crippen LogP contribution >= 0.6 is 12.4 Å². The Bertz CT molecular complexity index is 1440. The number of nitrogens with one attached hydrogen (secondary N) is 2. The minimum Gasteiger partial charge on any atom is -0.478 e. The van der Waals surface area contributed by atoms with Crippen molar-refractivity contribution in [1.29, 1.82) is 0 Å². The first-order valence-electron chi connectivity index (χ1n) is 13.0. The second-order valence-corrected chi connectivity index (χ2v) is 12.7. The molecule has 13 heteroatoms. The number of aromatic nitrogens is 3. The lowest BCUT2D eigenvalue weighted by molar-refractivity contribution is 0.0216. The van der Waals surface area contributed by atoms with E-state index >= 15 is 0 Å². The topological polar surface area (TPSA) is 160 Å². The number of furan rings is 1. The van der Waals surface area contributed by atoms with Crippen molar-refractivity contribution in [2.45, 2.75) is 58.3 Å². The second-order valence-electron chi connectivity index (χ2n) is 10.5. The van der Waals surface area contributed by atoms with Gasteiger partial charge >= 0.3 is 0 Å². The molecule has 0 spiro atoms. The summed E-state index contributed by atoms with van der Waals surface area (Å²) < 4.78 is 35.6. The number of nitrogens with zero attached hydrogens (tertiary/aromatic N) is 3. The van der Waals surface area contributed by atoms with Crippen LogP contribution in [0.3, 0.4) is 0 Å². The summed E-state index contributed by atoms with van der Waals surface area (Å²) in [6.07, 6.45) is 1.43. The van der Waals surface area contributed by atoms with Crippen LogP contribution in [0.4, 0.5) is 11.8 Å². The van der Waals surface area contributed by atoms with Crippen molar-refractivity contribution in [2.75, 3.05) is 35.8 Å². The minimum absolute atomic E-state index is 0. The fourth-order valence-corrected chi connectivity index (χ4v) is 6.24. The molecule has 4 atom stereocenters. The molecule has 39 heavy (non-hydrogen) atoms. The van der Waals surface area contributed by atoms with Crippen LogP contribution in [-0.4, -0.2) is 77.0 Å². The number of aryl methyl sites for hydroxylation is 2. The number of rotatable bonds is 10. The highest BCUT2D eigenvalue weighted by atomic mass is 35.5. The number of sulfone groups is 1. The molecular formula is C26H36ClN5O6S. The zero-order valence-corrected chi connectivity index (χ0v) is 24.1.